The molecule has 1 saturated carbocycles. The molecule has 3 heteroatoms. The molecule has 0 aromatic carbocycles. The summed E-state index contributed by atoms with van der Waals surface area (Å²) in [6.45, 7) is 6.62. The Labute approximate surface area is 99.2 Å². The van der Waals surface area contributed by atoms with Crippen molar-refractivity contribution in [2.24, 2.45) is 17.6 Å². The molecule has 0 aromatic heterocycles. The lowest BCUT2D eigenvalue weighted by Crippen LogP contribution is -2.47. The van der Waals surface area contributed by atoms with Crippen LogP contribution in [0.2, 0.25) is 0 Å². The number of carbonyl (C=O) groups excluding carboxylic acids is 1. The van der Waals surface area contributed by atoms with E-state index >= 15 is 0 Å². The molecular formula is C13H26N2O. The van der Waals surface area contributed by atoms with Gasteiger partial charge in [-0.3, -0.25) is 4.79 Å². The molecule has 3 unspecified atom stereocenters. The molecule has 0 aromatic rings. The van der Waals surface area contributed by atoms with E-state index < -0.39 is 0 Å². The summed E-state index contributed by atoms with van der Waals surface area (Å²) < 4.78 is 0. The third kappa shape index (κ3) is 3.78. The van der Waals surface area contributed by atoms with Gasteiger partial charge in [0.05, 0.1) is 6.04 Å². The SMILES string of the molecule is CCC[C@@H](N)C(=O)NC1CCC(C)C(C)C1. The predicted octanol–water partition coefficient (Wildman–Crippen LogP) is 2.05. The third-order valence-electron chi connectivity index (χ3n) is 3.88. The topological polar surface area (TPSA) is 55.1 Å². The maximum Gasteiger partial charge on any atom is 0.237 e. The second kappa shape index (κ2) is 6.24. The van der Waals surface area contributed by atoms with E-state index in [-0.39, 0.29) is 11.9 Å². The average molecular weight is 226 g/mol. The van der Waals surface area contributed by atoms with E-state index in [9.17, 15) is 4.79 Å². The summed E-state index contributed by atoms with van der Waals surface area (Å²) in [5.41, 5.74) is 5.79. The molecule has 1 aliphatic rings. The van der Waals surface area contributed by atoms with Gasteiger partial charge in [0.2, 0.25) is 5.91 Å². The van der Waals surface area contributed by atoms with Crippen LogP contribution in [0.25, 0.3) is 0 Å². The average Bonchev–Trinajstić information content (AvgIpc) is 2.24. The number of carbonyl (C=O) groups is 1. The number of amides is 1. The van der Waals surface area contributed by atoms with E-state index in [0.717, 1.165) is 31.6 Å². The van der Waals surface area contributed by atoms with Crippen LogP contribution in [-0.4, -0.2) is 18.0 Å². The molecular weight excluding hydrogens is 200 g/mol. The van der Waals surface area contributed by atoms with Gasteiger partial charge in [0.25, 0.3) is 0 Å². The number of nitrogens with two attached hydrogens (primary N) is 1. The van der Waals surface area contributed by atoms with Crippen molar-refractivity contribution in [2.45, 2.75) is 65.0 Å². The number of hydrogen-bond acceptors (Lipinski definition) is 2. The Morgan fingerprint density at radius 3 is 2.62 bits per heavy atom. The highest BCUT2D eigenvalue weighted by molar-refractivity contribution is 5.81. The maximum absolute atomic E-state index is 11.8. The molecule has 1 rings (SSSR count). The van der Waals surface area contributed by atoms with E-state index in [1.54, 1.807) is 0 Å². The standard InChI is InChI=1S/C13H26N2O/c1-4-5-12(14)13(16)15-11-7-6-9(2)10(3)8-11/h9-12H,4-8,14H2,1-3H3,(H,15,16)/t9?,10?,11?,12-/m1/s1. The van der Waals surface area contributed by atoms with Crippen LogP contribution < -0.4 is 11.1 Å². The van der Waals surface area contributed by atoms with Crippen molar-refractivity contribution in [3.8, 4) is 0 Å². The molecule has 1 amide bonds. The summed E-state index contributed by atoms with van der Waals surface area (Å²) in [5, 5.41) is 3.09. The molecule has 94 valence electrons. The van der Waals surface area contributed by atoms with Gasteiger partial charge in [-0.1, -0.05) is 27.2 Å². The fourth-order valence-electron chi connectivity index (χ4n) is 2.43. The second-order valence-corrected chi connectivity index (χ2v) is 5.37. The third-order valence-corrected chi connectivity index (χ3v) is 3.88. The van der Waals surface area contributed by atoms with Crippen LogP contribution in [0, 0.1) is 11.8 Å². The molecule has 0 spiro atoms. The zero-order chi connectivity index (χ0) is 12.1. The first-order valence-electron chi connectivity index (χ1n) is 6.60. The summed E-state index contributed by atoms with van der Waals surface area (Å²) in [7, 11) is 0. The lowest BCUT2D eigenvalue weighted by atomic mass is 9.79. The van der Waals surface area contributed by atoms with Crippen molar-refractivity contribution in [2.75, 3.05) is 0 Å². The van der Waals surface area contributed by atoms with Crippen molar-refractivity contribution in [1.82, 2.24) is 5.32 Å². The molecule has 0 saturated heterocycles. The molecule has 3 nitrogen and oxygen atoms in total. The molecule has 16 heavy (non-hydrogen) atoms. The minimum Gasteiger partial charge on any atom is -0.352 e. The Balaban J connectivity index is 2.34. The van der Waals surface area contributed by atoms with Crippen LogP contribution in [0.3, 0.4) is 0 Å². The van der Waals surface area contributed by atoms with Gasteiger partial charge in [-0.15, -0.1) is 0 Å². The highest BCUT2D eigenvalue weighted by atomic mass is 16.2. The quantitative estimate of drug-likeness (QED) is 0.771. The lowest BCUT2D eigenvalue weighted by Gasteiger charge is -2.33. The Kier molecular flexibility index (Phi) is 5.26. The van der Waals surface area contributed by atoms with Crippen molar-refractivity contribution in [3.05, 3.63) is 0 Å². The Morgan fingerprint density at radius 2 is 2.06 bits per heavy atom. The number of rotatable bonds is 4. The Hall–Kier alpha value is -0.570. The van der Waals surface area contributed by atoms with E-state index in [4.69, 9.17) is 5.73 Å². The van der Waals surface area contributed by atoms with E-state index in [1.165, 1.54) is 6.42 Å². The van der Waals surface area contributed by atoms with Crippen molar-refractivity contribution in [3.63, 3.8) is 0 Å². The summed E-state index contributed by atoms with van der Waals surface area (Å²) in [6, 6.07) is 0.0289. The van der Waals surface area contributed by atoms with Gasteiger partial charge in [0, 0.05) is 6.04 Å². The minimum absolute atomic E-state index is 0.0357. The van der Waals surface area contributed by atoms with Crippen LogP contribution in [0.4, 0.5) is 0 Å². The summed E-state index contributed by atoms with van der Waals surface area (Å²) >= 11 is 0. The first-order chi connectivity index (χ1) is 7.54. The van der Waals surface area contributed by atoms with Gasteiger partial charge < -0.3 is 11.1 Å². The van der Waals surface area contributed by atoms with Crippen LogP contribution in [0.15, 0.2) is 0 Å². The first-order valence-corrected chi connectivity index (χ1v) is 6.60. The zero-order valence-electron chi connectivity index (χ0n) is 10.8. The normalized spacial score (nSPS) is 32.1. The minimum atomic E-state index is -0.320. The van der Waals surface area contributed by atoms with Crippen LogP contribution in [0.5, 0.6) is 0 Å². The first kappa shape index (κ1) is 13.5. The van der Waals surface area contributed by atoms with Crippen LogP contribution >= 0.6 is 0 Å². The van der Waals surface area contributed by atoms with Gasteiger partial charge in [-0.25, -0.2) is 0 Å². The fraction of sp³-hybridized carbons (Fsp3) is 0.923. The van der Waals surface area contributed by atoms with Crippen LogP contribution in [-0.2, 0) is 4.79 Å². The van der Waals surface area contributed by atoms with Crippen LogP contribution in [0.1, 0.15) is 52.9 Å². The largest absolute Gasteiger partial charge is 0.352 e. The van der Waals surface area contributed by atoms with Gasteiger partial charge in [0.15, 0.2) is 0 Å². The molecule has 1 aliphatic carbocycles. The number of nitrogens with one attached hydrogen (secondary N) is 1. The second-order valence-electron chi connectivity index (χ2n) is 5.37. The fourth-order valence-corrected chi connectivity index (χ4v) is 2.43. The van der Waals surface area contributed by atoms with E-state index in [0.29, 0.717) is 12.0 Å². The highest BCUT2D eigenvalue weighted by Crippen LogP contribution is 2.29. The maximum atomic E-state index is 11.8. The van der Waals surface area contributed by atoms with Gasteiger partial charge in [-0.05, 0) is 37.5 Å². The summed E-state index contributed by atoms with van der Waals surface area (Å²) in [5.74, 6) is 1.53. The molecule has 0 aliphatic heterocycles. The van der Waals surface area contributed by atoms with E-state index in [1.807, 2.05) is 0 Å². The monoisotopic (exact) mass is 226 g/mol. The Morgan fingerprint density at radius 1 is 1.38 bits per heavy atom. The number of hydrogen-bond donors (Lipinski definition) is 2. The smallest absolute Gasteiger partial charge is 0.237 e. The Bertz CT molecular complexity index is 230. The molecule has 0 heterocycles. The van der Waals surface area contributed by atoms with Crippen molar-refractivity contribution in [1.29, 1.82) is 0 Å². The van der Waals surface area contributed by atoms with Gasteiger partial charge >= 0.3 is 0 Å². The van der Waals surface area contributed by atoms with Crippen molar-refractivity contribution >= 4 is 5.91 Å². The van der Waals surface area contributed by atoms with E-state index in [2.05, 4.69) is 26.1 Å². The summed E-state index contributed by atoms with van der Waals surface area (Å²) in [4.78, 5) is 11.8. The molecule has 0 radical (unpaired) electrons. The summed E-state index contributed by atoms with van der Waals surface area (Å²) in [6.07, 6.45) is 5.17. The zero-order valence-corrected chi connectivity index (χ0v) is 10.8. The molecule has 0 bridgehead atoms. The lowest BCUT2D eigenvalue weighted by molar-refractivity contribution is -0.123. The molecule has 1 fully saturated rings. The highest BCUT2D eigenvalue weighted by Gasteiger charge is 2.26. The van der Waals surface area contributed by atoms with Gasteiger partial charge in [-0.2, -0.15) is 0 Å². The van der Waals surface area contributed by atoms with Gasteiger partial charge in [0.1, 0.15) is 0 Å². The molecule has 3 N–H and O–H groups in total. The predicted molar refractivity (Wildman–Crippen MR) is 67.0 cm³/mol. The molecule has 4 atom stereocenters. The van der Waals surface area contributed by atoms with Crippen molar-refractivity contribution < 1.29 is 4.79 Å².